The number of quaternary nitrogens is 1. The fourth-order valence-electron chi connectivity index (χ4n) is 5.90. The zero-order chi connectivity index (χ0) is 20.4. The summed E-state index contributed by atoms with van der Waals surface area (Å²) in [6.07, 6.45) is 12.6. The minimum absolute atomic E-state index is 0.520. The van der Waals surface area contributed by atoms with E-state index in [0.29, 0.717) is 23.3 Å². The van der Waals surface area contributed by atoms with E-state index in [1.54, 1.807) is 5.57 Å². The second-order valence-corrected chi connectivity index (χ2v) is 10.2. The van der Waals surface area contributed by atoms with Crippen LogP contribution in [0.5, 0.6) is 0 Å². The Balaban J connectivity index is 2.17. The summed E-state index contributed by atoms with van der Waals surface area (Å²) in [7, 11) is 2.52. The summed E-state index contributed by atoms with van der Waals surface area (Å²) in [5.74, 6) is 1.85. The number of hydrogen-bond acceptors (Lipinski definition) is 0. The average Bonchev–Trinajstić information content (AvgIpc) is 3.35. The number of unbranched alkanes of at least 4 members (excludes halogenated alkanes) is 1. The zero-order valence-electron chi connectivity index (χ0n) is 19.4. The van der Waals surface area contributed by atoms with Crippen LogP contribution in [0.4, 0.5) is 0 Å². The molecular formula is C26H46N+. The molecule has 0 spiro atoms. The molecule has 27 heavy (non-hydrogen) atoms. The Morgan fingerprint density at radius 1 is 1.33 bits per heavy atom. The second-order valence-electron chi connectivity index (χ2n) is 10.2. The minimum atomic E-state index is 0.520. The van der Waals surface area contributed by atoms with Crippen LogP contribution in [0.3, 0.4) is 0 Å². The van der Waals surface area contributed by atoms with Crippen molar-refractivity contribution in [1.29, 1.82) is 0 Å². The fourth-order valence-corrected chi connectivity index (χ4v) is 5.90. The molecule has 1 saturated carbocycles. The first kappa shape index (κ1) is 22.5. The van der Waals surface area contributed by atoms with Gasteiger partial charge in [-0.25, -0.2) is 0 Å². The van der Waals surface area contributed by atoms with Crippen LogP contribution in [0.15, 0.2) is 36.5 Å². The van der Waals surface area contributed by atoms with Gasteiger partial charge in [-0.05, 0) is 58.3 Å². The molecule has 1 aliphatic carbocycles. The van der Waals surface area contributed by atoms with E-state index in [0.717, 1.165) is 12.0 Å². The highest BCUT2D eigenvalue weighted by Crippen LogP contribution is 2.52. The molecule has 0 aromatic rings. The van der Waals surface area contributed by atoms with Crippen molar-refractivity contribution in [3.63, 3.8) is 0 Å². The van der Waals surface area contributed by atoms with Gasteiger partial charge < -0.3 is 4.48 Å². The number of allylic oxidation sites excluding steroid dienone is 3. The first-order valence-electron chi connectivity index (χ1n) is 11.5. The smallest absolute Gasteiger partial charge is 0.0973 e. The first-order valence-corrected chi connectivity index (χ1v) is 11.5. The van der Waals surface area contributed by atoms with Gasteiger partial charge in [-0.2, -0.15) is 0 Å². The Morgan fingerprint density at radius 2 is 1.96 bits per heavy atom. The number of likely N-dealkylation sites (tertiary alicyclic amines) is 1. The molecule has 154 valence electrons. The zero-order valence-corrected chi connectivity index (χ0v) is 19.4. The van der Waals surface area contributed by atoms with Gasteiger partial charge >= 0.3 is 0 Å². The largest absolute Gasteiger partial charge is 0.320 e. The van der Waals surface area contributed by atoms with Gasteiger partial charge in [0.05, 0.1) is 31.1 Å². The van der Waals surface area contributed by atoms with Crippen LogP contribution in [0.2, 0.25) is 0 Å². The van der Waals surface area contributed by atoms with Crippen molar-refractivity contribution in [1.82, 2.24) is 0 Å². The lowest BCUT2D eigenvalue weighted by atomic mass is 9.63. The van der Waals surface area contributed by atoms with Crippen LogP contribution in [-0.4, -0.2) is 30.2 Å². The third-order valence-corrected chi connectivity index (χ3v) is 8.60. The van der Waals surface area contributed by atoms with E-state index in [9.17, 15) is 0 Å². The Morgan fingerprint density at radius 3 is 2.41 bits per heavy atom. The van der Waals surface area contributed by atoms with Gasteiger partial charge in [0.2, 0.25) is 0 Å². The summed E-state index contributed by atoms with van der Waals surface area (Å²) in [5.41, 5.74) is 3.56. The molecule has 0 amide bonds. The van der Waals surface area contributed by atoms with Crippen molar-refractivity contribution >= 4 is 0 Å². The van der Waals surface area contributed by atoms with E-state index in [1.165, 1.54) is 55.1 Å². The molecule has 1 saturated heterocycles. The van der Waals surface area contributed by atoms with E-state index >= 15 is 0 Å². The number of hydrogen-bond donors (Lipinski definition) is 0. The van der Waals surface area contributed by atoms with E-state index in [4.69, 9.17) is 0 Å². The third-order valence-electron chi connectivity index (χ3n) is 8.60. The predicted octanol–water partition coefficient (Wildman–Crippen LogP) is 7.16. The number of rotatable bonds is 11. The Labute approximate surface area is 170 Å². The molecule has 1 heteroatoms. The van der Waals surface area contributed by atoms with Crippen molar-refractivity contribution in [3.05, 3.63) is 36.5 Å². The normalized spacial score (nSPS) is 36.7. The quantitative estimate of drug-likeness (QED) is 0.266. The first-order chi connectivity index (χ1) is 12.6. The molecule has 2 rings (SSSR count). The summed E-state index contributed by atoms with van der Waals surface area (Å²) in [4.78, 5) is 0. The van der Waals surface area contributed by atoms with Gasteiger partial charge in [-0.3, -0.25) is 0 Å². The molecule has 7 atom stereocenters. The molecule has 0 N–H and O–H groups in total. The van der Waals surface area contributed by atoms with Crippen molar-refractivity contribution in [2.24, 2.45) is 23.2 Å². The molecule has 0 bridgehead atoms. The predicted molar refractivity (Wildman–Crippen MR) is 121 cm³/mol. The SMILES string of the molecule is C=CC(C)C(C=C(C)CC1CC1=C)C(C)[N+]1(C)CC(CC)(CCCC)C1C. The standard InChI is InChI=1S/C26H46N/c1-10-13-14-26(12-3)18-27(9,23(26)8)22(7)25(20(5)11-2)16-19(4)15-24-17-21(24)6/h11,16,20,22-25H,2,6,10,12-15,17-18H2,1,3-5,7-9H3/q+1. The summed E-state index contributed by atoms with van der Waals surface area (Å²) >= 11 is 0. The van der Waals surface area contributed by atoms with Crippen LogP contribution in [-0.2, 0) is 0 Å². The summed E-state index contributed by atoms with van der Waals surface area (Å²) < 4.78 is 1.22. The summed E-state index contributed by atoms with van der Waals surface area (Å²) in [6.45, 7) is 24.1. The molecule has 7 unspecified atom stereocenters. The molecule has 0 aromatic carbocycles. The van der Waals surface area contributed by atoms with E-state index in [1.807, 2.05) is 0 Å². The van der Waals surface area contributed by atoms with Crippen LogP contribution >= 0.6 is 0 Å². The highest BCUT2D eigenvalue weighted by atomic mass is 15.4. The Kier molecular flexibility index (Phi) is 7.22. The summed E-state index contributed by atoms with van der Waals surface area (Å²) in [5, 5.41) is 0. The molecule has 2 aliphatic rings. The topological polar surface area (TPSA) is 0 Å². The maximum Gasteiger partial charge on any atom is 0.0973 e. The van der Waals surface area contributed by atoms with Gasteiger partial charge in [0, 0.05) is 5.92 Å². The van der Waals surface area contributed by atoms with E-state index in [-0.39, 0.29) is 0 Å². The molecule has 0 aromatic heterocycles. The van der Waals surface area contributed by atoms with Crippen molar-refractivity contribution in [2.45, 2.75) is 92.2 Å². The Bertz CT molecular complexity index is 573. The molecule has 2 fully saturated rings. The Hall–Kier alpha value is -0.820. The van der Waals surface area contributed by atoms with E-state index in [2.05, 4.69) is 73.9 Å². The van der Waals surface area contributed by atoms with Crippen molar-refractivity contribution in [2.75, 3.05) is 13.6 Å². The minimum Gasteiger partial charge on any atom is -0.320 e. The lowest BCUT2D eigenvalue weighted by molar-refractivity contribution is -1.01. The highest BCUT2D eigenvalue weighted by Gasteiger charge is 2.61. The highest BCUT2D eigenvalue weighted by molar-refractivity contribution is 5.23. The van der Waals surface area contributed by atoms with Crippen molar-refractivity contribution < 1.29 is 4.48 Å². The molecule has 0 radical (unpaired) electrons. The maximum absolute atomic E-state index is 4.14. The third kappa shape index (κ3) is 4.44. The van der Waals surface area contributed by atoms with Gasteiger partial charge in [-0.15, -0.1) is 6.58 Å². The summed E-state index contributed by atoms with van der Waals surface area (Å²) in [6, 6.07) is 1.38. The van der Waals surface area contributed by atoms with Gasteiger partial charge in [-0.1, -0.05) is 63.5 Å². The average molecular weight is 373 g/mol. The molecule has 1 heterocycles. The van der Waals surface area contributed by atoms with Gasteiger partial charge in [0.15, 0.2) is 0 Å². The van der Waals surface area contributed by atoms with Crippen LogP contribution in [0.25, 0.3) is 0 Å². The monoisotopic (exact) mass is 372 g/mol. The molecular weight excluding hydrogens is 326 g/mol. The molecule has 1 nitrogen and oxygen atoms in total. The lowest BCUT2D eigenvalue weighted by Crippen LogP contribution is -2.77. The number of nitrogens with zero attached hydrogens (tertiary/aromatic N) is 1. The van der Waals surface area contributed by atoms with Crippen molar-refractivity contribution in [3.8, 4) is 0 Å². The lowest BCUT2D eigenvalue weighted by Gasteiger charge is -2.65. The van der Waals surface area contributed by atoms with E-state index < -0.39 is 0 Å². The van der Waals surface area contributed by atoms with Crippen LogP contribution in [0.1, 0.15) is 80.1 Å². The second kappa shape index (κ2) is 8.68. The molecule has 1 aliphatic heterocycles. The maximum atomic E-state index is 4.14. The van der Waals surface area contributed by atoms with Gasteiger partial charge in [0.25, 0.3) is 0 Å². The van der Waals surface area contributed by atoms with Crippen LogP contribution in [0, 0.1) is 23.2 Å². The fraction of sp³-hybridized carbons (Fsp3) is 0.769. The van der Waals surface area contributed by atoms with Gasteiger partial charge in [0.1, 0.15) is 0 Å². The van der Waals surface area contributed by atoms with Crippen LogP contribution < -0.4 is 0 Å².